The Labute approximate surface area is 133 Å². The van der Waals surface area contributed by atoms with Gasteiger partial charge in [-0.3, -0.25) is 0 Å². The van der Waals surface area contributed by atoms with Crippen LogP contribution in [0.4, 0.5) is 5.69 Å². The van der Waals surface area contributed by atoms with Crippen LogP contribution in [0.1, 0.15) is 37.4 Å². The molecule has 20 heavy (non-hydrogen) atoms. The maximum atomic E-state index is 6.10. The number of halogens is 2. The summed E-state index contributed by atoms with van der Waals surface area (Å²) in [4.78, 5) is 4.12. The Morgan fingerprint density at radius 2 is 2.00 bits per heavy atom. The third-order valence-electron chi connectivity index (χ3n) is 3.20. The van der Waals surface area contributed by atoms with Gasteiger partial charge in [0, 0.05) is 16.7 Å². The summed E-state index contributed by atoms with van der Waals surface area (Å²) in [5, 5.41) is 3.88. The van der Waals surface area contributed by atoms with Crippen LogP contribution >= 0.6 is 27.5 Å². The van der Waals surface area contributed by atoms with Crippen molar-refractivity contribution in [2.24, 2.45) is 0 Å². The standard InChI is InChI=1S/C16H18BrClN2/c1-3-4-12-5-7-13(8-6-12)11(2)20-15-9-14(17)10-19-16(15)18/h5-11,20H,3-4H2,1-2H3. The largest absolute Gasteiger partial charge is 0.376 e. The van der Waals surface area contributed by atoms with E-state index in [9.17, 15) is 0 Å². The molecule has 0 saturated heterocycles. The van der Waals surface area contributed by atoms with Crippen LogP contribution in [0.2, 0.25) is 5.15 Å². The fraction of sp³-hybridized carbons (Fsp3) is 0.312. The highest BCUT2D eigenvalue weighted by Gasteiger charge is 2.09. The molecule has 0 bridgehead atoms. The van der Waals surface area contributed by atoms with Crippen LogP contribution in [0.25, 0.3) is 0 Å². The first-order chi connectivity index (χ1) is 9.60. The Morgan fingerprint density at radius 1 is 1.30 bits per heavy atom. The third-order valence-corrected chi connectivity index (χ3v) is 3.93. The summed E-state index contributed by atoms with van der Waals surface area (Å²) in [5.74, 6) is 0. The lowest BCUT2D eigenvalue weighted by molar-refractivity contribution is 0.874. The number of benzene rings is 1. The van der Waals surface area contributed by atoms with Crippen LogP contribution in [0.3, 0.4) is 0 Å². The SMILES string of the molecule is CCCc1ccc(C(C)Nc2cc(Br)cnc2Cl)cc1. The predicted molar refractivity (Wildman–Crippen MR) is 89.4 cm³/mol. The average Bonchev–Trinajstić information content (AvgIpc) is 2.44. The first kappa shape index (κ1) is 15.3. The zero-order valence-corrected chi connectivity index (χ0v) is 14.0. The quantitative estimate of drug-likeness (QED) is 0.705. The van der Waals surface area contributed by atoms with Gasteiger partial charge in [-0.1, -0.05) is 49.2 Å². The minimum Gasteiger partial charge on any atom is -0.376 e. The minimum absolute atomic E-state index is 0.180. The zero-order chi connectivity index (χ0) is 14.5. The van der Waals surface area contributed by atoms with Gasteiger partial charge >= 0.3 is 0 Å². The first-order valence-corrected chi connectivity index (χ1v) is 7.93. The van der Waals surface area contributed by atoms with Crippen molar-refractivity contribution in [2.45, 2.75) is 32.7 Å². The van der Waals surface area contributed by atoms with Crippen LogP contribution in [0, 0.1) is 0 Å². The number of aryl methyl sites for hydroxylation is 1. The molecule has 0 spiro atoms. The molecule has 1 aromatic carbocycles. The number of aromatic nitrogens is 1. The van der Waals surface area contributed by atoms with Crippen molar-refractivity contribution in [3.05, 3.63) is 57.3 Å². The lowest BCUT2D eigenvalue weighted by Gasteiger charge is -2.17. The lowest BCUT2D eigenvalue weighted by Crippen LogP contribution is -2.07. The van der Waals surface area contributed by atoms with Crippen LogP contribution in [0.15, 0.2) is 41.0 Å². The van der Waals surface area contributed by atoms with E-state index < -0.39 is 0 Å². The summed E-state index contributed by atoms with van der Waals surface area (Å²) in [5.41, 5.74) is 3.46. The maximum absolute atomic E-state index is 6.10. The number of pyridine rings is 1. The molecule has 0 aliphatic rings. The number of rotatable bonds is 5. The van der Waals surface area contributed by atoms with Crippen molar-refractivity contribution in [3.63, 3.8) is 0 Å². The highest BCUT2D eigenvalue weighted by Crippen LogP contribution is 2.27. The monoisotopic (exact) mass is 352 g/mol. The lowest BCUT2D eigenvalue weighted by atomic mass is 10.0. The summed E-state index contributed by atoms with van der Waals surface area (Å²) < 4.78 is 0.912. The van der Waals surface area contributed by atoms with E-state index in [4.69, 9.17) is 11.6 Å². The number of nitrogens with one attached hydrogen (secondary N) is 1. The molecule has 1 unspecified atom stereocenters. The number of nitrogens with zero attached hydrogens (tertiary/aromatic N) is 1. The van der Waals surface area contributed by atoms with Crippen molar-refractivity contribution in [2.75, 3.05) is 5.32 Å². The molecule has 1 aromatic heterocycles. The van der Waals surface area contributed by atoms with Gasteiger partial charge in [0.15, 0.2) is 5.15 Å². The fourth-order valence-corrected chi connectivity index (χ4v) is 2.59. The summed E-state index contributed by atoms with van der Waals surface area (Å²) in [7, 11) is 0. The molecule has 1 N–H and O–H groups in total. The first-order valence-electron chi connectivity index (χ1n) is 6.76. The predicted octanol–water partition coefficient (Wildman–Crippen LogP) is 5.62. The van der Waals surface area contributed by atoms with Gasteiger partial charge in [0.05, 0.1) is 5.69 Å². The highest BCUT2D eigenvalue weighted by atomic mass is 79.9. The van der Waals surface area contributed by atoms with Crippen LogP contribution in [0.5, 0.6) is 0 Å². The van der Waals surface area contributed by atoms with Gasteiger partial charge in [0.2, 0.25) is 0 Å². The zero-order valence-electron chi connectivity index (χ0n) is 11.7. The van der Waals surface area contributed by atoms with Crippen LogP contribution in [-0.4, -0.2) is 4.98 Å². The molecule has 4 heteroatoms. The van der Waals surface area contributed by atoms with E-state index in [1.54, 1.807) is 6.20 Å². The fourth-order valence-electron chi connectivity index (χ4n) is 2.10. The van der Waals surface area contributed by atoms with Gasteiger partial charge in [-0.2, -0.15) is 0 Å². The topological polar surface area (TPSA) is 24.9 Å². The van der Waals surface area contributed by atoms with Crippen LogP contribution in [-0.2, 0) is 6.42 Å². The second-order valence-electron chi connectivity index (χ2n) is 4.85. The molecule has 0 fully saturated rings. The Bertz CT molecular complexity index is 569. The molecule has 0 amide bonds. The smallest absolute Gasteiger partial charge is 0.152 e. The van der Waals surface area contributed by atoms with Crippen molar-refractivity contribution in [3.8, 4) is 0 Å². The van der Waals surface area contributed by atoms with Crippen molar-refractivity contribution in [1.82, 2.24) is 4.98 Å². The molecule has 1 heterocycles. The maximum Gasteiger partial charge on any atom is 0.152 e. The van der Waals surface area contributed by atoms with E-state index >= 15 is 0 Å². The summed E-state index contributed by atoms with van der Waals surface area (Å²) >= 11 is 9.51. The molecule has 0 radical (unpaired) electrons. The van der Waals surface area contributed by atoms with Crippen molar-refractivity contribution >= 4 is 33.2 Å². The molecule has 2 aromatic rings. The Hall–Kier alpha value is -1.06. The van der Waals surface area contributed by atoms with Crippen LogP contribution < -0.4 is 5.32 Å². The van der Waals surface area contributed by atoms with Gasteiger partial charge in [-0.05, 0) is 46.5 Å². The molecule has 2 rings (SSSR count). The van der Waals surface area contributed by atoms with Gasteiger partial charge in [0.1, 0.15) is 0 Å². The molecule has 0 saturated carbocycles. The van der Waals surface area contributed by atoms with E-state index in [1.807, 2.05) is 6.07 Å². The highest BCUT2D eigenvalue weighted by molar-refractivity contribution is 9.10. The molecule has 1 atom stereocenters. The minimum atomic E-state index is 0.180. The van der Waals surface area contributed by atoms with Crippen molar-refractivity contribution < 1.29 is 0 Å². The average molecular weight is 354 g/mol. The molecular formula is C16H18BrClN2. The number of hydrogen-bond acceptors (Lipinski definition) is 2. The Balaban J connectivity index is 2.11. The van der Waals surface area contributed by atoms with Crippen molar-refractivity contribution in [1.29, 1.82) is 0 Å². The molecule has 2 nitrogen and oxygen atoms in total. The second kappa shape index (κ2) is 7.09. The second-order valence-corrected chi connectivity index (χ2v) is 6.12. The van der Waals surface area contributed by atoms with Gasteiger partial charge in [-0.15, -0.1) is 0 Å². The summed E-state index contributed by atoms with van der Waals surface area (Å²) in [6.07, 6.45) is 3.99. The Morgan fingerprint density at radius 3 is 2.65 bits per heavy atom. The van der Waals surface area contributed by atoms with E-state index in [0.29, 0.717) is 5.15 Å². The van der Waals surface area contributed by atoms with E-state index in [0.717, 1.165) is 16.6 Å². The molecule has 0 aliphatic heterocycles. The summed E-state index contributed by atoms with van der Waals surface area (Å²) in [6.45, 7) is 4.31. The molecule has 106 valence electrons. The van der Waals surface area contributed by atoms with E-state index in [2.05, 4.69) is 64.3 Å². The third kappa shape index (κ3) is 3.97. The number of hydrogen-bond donors (Lipinski definition) is 1. The van der Waals surface area contributed by atoms with Gasteiger partial charge in [0.25, 0.3) is 0 Å². The van der Waals surface area contributed by atoms with E-state index in [1.165, 1.54) is 17.5 Å². The normalized spacial score (nSPS) is 12.2. The van der Waals surface area contributed by atoms with Gasteiger partial charge < -0.3 is 5.32 Å². The molecular weight excluding hydrogens is 336 g/mol. The number of anilines is 1. The Kier molecular flexibility index (Phi) is 5.44. The van der Waals surface area contributed by atoms with Gasteiger partial charge in [-0.25, -0.2) is 4.98 Å². The molecule has 0 aliphatic carbocycles. The summed E-state index contributed by atoms with van der Waals surface area (Å²) in [6, 6.07) is 10.8. The van der Waals surface area contributed by atoms with E-state index in [-0.39, 0.29) is 6.04 Å².